The lowest BCUT2D eigenvalue weighted by molar-refractivity contribution is -0.138. The van der Waals surface area contributed by atoms with Crippen molar-refractivity contribution in [1.82, 2.24) is 14.8 Å². The minimum Gasteiger partial charge on any atom is -0.497 e. The summed E-state index contributed by atoms with van der Waals surface area (Å²) in [5.74, 6) is 0.606. The number of furan rings is 1. The molecule has 0 saturated heterocycles. The number of carbonyl (C=O) groups excluding carboxylic acids is 2. The molecule has 2 aromatic heterocycles. The quantitative estimate of drug-likeness (QED) is 0.483. The number of imide groups is 1. The van der Waals surface area contributed by atoms with E-state index in [-0.39, 0.29) is 18.4 Å². The zero-order valence-electron chi connectivity index (χ0n) is 18.2. The van der Waals surface area contributed by atoms with Gasteiger partial charge in [-0.05, 0) is 60.9 Å². The molecule has 3 aromatic rings. The molecule has 1 aliphatic rings. The third kappa shape index (κ3) is 4.27. The Labute approximate surface area is 186 Å². The summed E-state index contributed by atoms with van der Waals surface area (Å²) < 4.78 is 10.6. The minimum absolute atomic E-state index is 0.0930. The predicted octanol–water partition coefficient (Wildman–Crippen LogP) is 3.53. The summed E-state index contributed by atoms with van der Waals surface area (Å²) in [6, 6.07) is 14.6. The van der Waals surface area contributed by atoms with Crippen LogP contribution in [0.25, 0.3) is 5.57 Å². The lowest BCUT2D eigenvalue weighted by atomic mass is 10.0. The van der Waals surface area contributed by atoms with E-state index in [4.69, 9.17) is 9.15 Å². The number of benzene rings is 1. The second kappa shape index (κ2) is 9.51. The van der Waals surface area contributed by atoms with E-state index in [1.54, 1.807) is 43.8 Å². The van der Waals surface area contributed by atoms with E-state index in [1.165, 1.54) is 11.2 Å². The second-order valence-corrected chi connectivity index (χ2v) is 7.41. The predicted molar refractivity (Wildman–Crippen MR) is 119 cm³/mol. The van der Waals surface area contributed by atoms with Crippen molar-refractivity contribution < 1.29 is 18.7 Å². The van der Waals surface area contributed by atoms with Crippen LogP contribution in [0.3, 0.4) is 0 Å². The summed E-state index contributed by atoms with van der Waals surface area (Å²) in [5.41, 5.74) is 2.63. The van der Waals surface area contributed by atoms with Crippen molar-refractivity contribution in [3.63, 3.8) is 0 Å². The van der Waals surface area contributed by atoms with E-state index in [0.29, 0.717) is 41.4 Å². The first-order valence-corrected chi connectivity index (χ1v) is 10.5. The molecule has 0 spiro atoms. The molecular weight excluding hydrogens is 406 g/mol. The van der Waals surface area contributed by atoms with Crippen LogP contribution in [-0.2, 0) is 22.6 Å². The van der Waals surface area contributed by atoms with Gasteiger partial charge in [-0.3, -0.25) is 19.5 Å². The van der Waals surface area contributed by atoms with Crippen LogP contribution in [0.15, 0.2) is 77.3 Å². The highest BCUT2D eigenvalue weighted by atomic mass is 16.5. The molecule has 0 bridgehead atoms. The molecule has 0 saturated carbocycles. The molecule has 32 heavy (non-hydrogen) atoms. The third-order valence-electron chi connectivity index (χ3n) is 5.53. The second-order valence-electron chi connectivity index (χ2n) is 7.41. The molecular formula is C25H25N3O4. The highest BCUT2D eigenvalue weighted by Gasteiger charge is 2.41. The first-order valence-electron chi connectivity index (χ1n) is 10.5. The van der Waals surface area contributed by atoms with Gasteiger partial charge in [-0.15, -0.1) is 0 Å². The van der Waals surface area contributed by atoms with E-state index < -0.39 is 0 Å². The van der Waals surface area contributed by atoms with Gasteiger partial charge >= 0.3 is 0 Å². The molecule has 0 radical (unpaired) electrons. The van der Waals surface area contributed by atoms with Crippen molar-refractivity contribution in [1.29, 1.82) is 0 Å². The molecule has 4 rings (SSSR count). The summed E-state index contributed by atoms with van der Waals surface area (Å²) in [7, 11) is 1.59. The van der Waals surface area contributed by atoms with Gasteiger partial charge in [0, 0.05) is 25.5 Å². The molecule has 0 fully saturated rings. The molecule has 1 aromatic carbocycles. The number of methoxy groups -OCH3 is 1. The Hall–Kier alpha value is -3.87. The zero-order valence-corrected chi connectivity index (χ0v) is 18.2. The van der Waals surface area contributed by atoms with Crippen LogP contribution in [0, 0.1) is 0 Å². The fourth-order valence-corrected chi connectivity index (χ4v) is 3.82. The van der Waals surface area contributed by atoms with E-state index in [2.05, 4.69) is 4.98 Å². The smallest absolute Gasteiger partial charge is 0.278 e. The fourth-order valence-electron chi connectivity index (χ4n) is 3.82. The summed E-state index contributed by atoms with van der Waals surface area (Å²) in [6.45, 7) is 3.27. The molecule has 7 heteroatoms. The highest BCUT2D eigenvalue weighted by molar-refractivity contribution is 6.35. The van der Waals surface area contributed by atoms with Crippen molar-refractivity contribution in [3.8, 4) is 5.75 Å². The van der Waals surface area contributed by atoms with Gasteiger partial charge in [0.25, 0.3) is 11.8 Å². The van der Waals surface area contributed by atoms with Crippen molar-refractivity contribution in [2.75, 3.05) is 20.2 Å². The molecule has 164 valence electrons. The highest BCUT2D eigenvalue weighted by Crippen LogP contribution is 2.33. The lowest BCUT2D eigenvalue weighted by Gasteiger charge is -2.24. The molecule has 0 N–H and O–H groups in total. The van der Waals surface area contributed by atoms with Gasteiger partial charge in [-0.2, -0.15) is 0 Å². The number of hydrogen-bond donors (Lipinski definition) is 0. The van der Waals surface area contributed by atoms with Crippen LogP contribution in [0.4, 0.5) is 0 Å². The lowest BCUT2D eigenvalue weighted by Crippen LogP contribution is -2.35. The van der Waals surface area contributed by atoms with E-state index in [0.717, 1.165) is 12.0 Å². The maximum atomic E-state index is 13.5. The fraction of sp³-hybridized carbons (Fsp3) is 0.240. The minimum atomic E-state index is -0.325. The van der Waals surface area contributed by atoms with Crippen LogP contribution in [0.2, 0.25) is 0 Å². The van der Waals surface area contributed by atoms with Crippen LogP contribution in [0.5, 0.6) is 5.75 Å². The number of amides is 2. The Morgan fingerprint density at radius 3 is 2.41 bits per heavy atom. The molecule has 0 aliphatic carbocycles. The van der Waals surface area contributed by atoms with Crippen molar-refractivity contribution in [2.45, 2.75) is 19.9 Å². The number of nitrogens with zero attached hydrogens (tertiary/aromatic N) is 3. The number of pyridine rings is 1. The van der Waals surface area contributed by atoms with Crippen molar-refractivity contribution >= 4 is 17.4 Å². The average molecular weight is 431 g/mol. The Balaban J connectivity index is 1.69. The van der Waals surface area contributed by atoms with Gasteiger partial charge in [-0.25, -0.2) is 0 Å². The SMILES string of the molecule is CCN(CCc1ccncc1)C1=C(c2ccc(OC)cc2)C(=O)N(Cc2ccco2)C1=O. The monoisotopic (exact) mass is 431 g/mol. The van der Waals surface area contributed by atoms with Gasteiger partial charge in [-0.1, -0.05) is 12.1 Å². The Kier molecular flexibility index (Phi) is 6.35. The standard InChI is InChI=1S/C25H25N3O4/c1-3-27(15-12-18-10-13-26-14-11-18)23-22(19-6-8-20(31-2)9-7-19)24(29)28(25(23)30)17-21-5-4-16-32-21/h4-11,13-14,16H,3,12,15,17H2,1-2H3. The van der Waals surface area contributed by atoms with E-state index >= 15 is 0 Å². The number of rotatable bonds is 9. The molecule has 7 nitrogen and oxygen atoms in total. The molecule has 0 unspecified atom stereocenters. The van der Waals surface area contributed by atoms with Gasteiger partial charge in [0.1, 0.15) is 17.2 Å². The van der Waals surface area contributed by atoms with E-state index in [9.17, 15) is 9.59 Å². The van der Waals surface area contributed by atoms with Gasteiger partial charge < -0.3 is 14.1 Å². The first kappa shape index (κ1) is 21.4. The number of aromatic nitrogens is 1. The van der Waals surface area contributed by atoms with Crippen LogP contribution >= 0.6 is 0 Å². The number of likely N-dealkylation sites (N-methyl/N-ethyl adjacent to an activating group) is 1. The number of ether oxygens (including phenoxy) is 1. The summed E-state index contributed by atoms with van der Waals surface area (Å²) in [6.07, 6.45) is 5.77. The molecule has 3 heterocycles. The normalized spacial score (nSPS) is 13.8. The van der Waals surface area contributed by atoms with Gasteiger partial charge in [0.2, 0.25) is 0 Å². The number of hydrogen-bond acceptors (Lipinski definition) is 6. The zero-order chi connectivity index (χ0) is 22.5. The summed E-state index contributed by atoms with van der Waals surface area (Å²) >= 11 is 0. The number of carbonyl (C=O) groups is 2. The van der Waals surface area contributed by atoms with Gasteiger partial charge in [0.05, 0.1) is 25.5 Å². The van der Waals surface area contributed by atoms with Crippen molar-refractivity contribution in [2.24, 2.45) is 0 Å². The maximum Gasteiger partial charge on any atom is 0.278 e. The Morgan fingerprint density at radius 2 is 1.78 bits per heavy atom. The van der Waals surface area contributed by atoms with Crippen LogP contribution in [-0.4, -0.2) is 46.8 Å². The molecule has 1 aliphatic heterocycles. The largest absolute Gasteiger partial charge is 0.497 e. The van der Waals surface area contributed by atoms with E-state index in [1.807, 2.05) is 36.1 Å². The Morgan fingerprint density at radius 1 is 1.03 bits per heavy atom. The van der Waals surface area contributed by atoms with Crippen LogP contribution < -0.4 is 4.74 Å². The maximum absolute atomic E-state index is 13.5. The average Bonchev–Trinajstić information content (AvgIpc) is 3.43. The first-order chi connectivity index (χ1) is 15.6. The third-order valence-corrected chi connectivity index (χ3v) is 5.53. The van der Waals surface area contributed by atoms with Crippen LogP contribution in [0.1, 0.15) is 23.8 Å². The Bertz CT molecular complexity index is 1110. The molecule has 0 atom stereocenters. The summed E-state index contributed by atoms with van der Waals surface area (Å²) in [5, 5.41) is 0. The van der Waals surface area contributed by atoms with Gasteiger partial charge in [0.15, 0.2) is 0 Å². The van der Waals surface area contributed by atoms with Crippen molar-refractivity contribution in [3.05, 3.63) is 89.8 Å². The summed E-state index contributed by atoms with van der Waals surface area (Å²) in [4.78, 5) is 34.2. The topological polar surface area (TPSA) is 75.9 Å². The molecule has 2 amide bonds.